The van der Waals surface area contributed by atoms with Crippen molar-refractivity contribution in [3.05, 3.63) is 34.3 Å². The van der Waals surface area contributed by atoms with Gasteiger partial charge in [0.1, 0.15) is 0 Å². The van der Waals surface area contributed by atoms with Crippen molar-refractivity contribution in [3.63, 3.8) is 0 Å². The van der Waals surface area contributed by atoms with Crippen LogP contribution in [0, 0.1) is 5.92 Å². The van der Waals surface area contributed by atoms with Crippen molar-refractivity contribution in [2.45, 2.75) is 32.7 Å². The highest BCUT2D eigenvalue weighted by molar-refractivity contribution is 9.10. The number of hydrogen-bond acceptors (Lipinski definition) is 1. The van der Waals surface area contributed by atoms with Crippen molar-refractivity contribution in [1.29, 1.82) is 0 Å². The molecule has 0 aliphatic rings. The van der Waals surface area contributed by atoms with Crippen LogP contribution in [0.2, 0.25) is 0 Å². The maximum Gasteiger partial charge on any atom is 0.0207 e. The fourth-order valence-electron chi connectivity index (χ4n) is 1.82. The van der Waals surface area contributed by atoms with E-state index in [1.807, 2.05) is 7.05 Å². The fourth-order valence-corrected chi connectivity index (χ4v) is 2.31. The van der Waals surface area contributed by atoms with E-state index in [9.17, 15) is 0 Å². The zero-order valence-electron chi connectivity index (χ0n) is 9.76. The molecule has 0 bridgehead atoms. The predicted octanol–water partition coefficient (Wildman–Crippen LogP) is 3.63. The van der Waals surface area contributed by atoms with Crippen LogP contribution in [-0.4, -0.2) is 13.1 Å². The van der Waals surface area contributed by atoms with Crippen LogP contribution in [0.1, 0.15) is 25.8 Å². The average molecular weight is 270 g/mol. The van der Waals surface area contributed by atoms with E-state index in [0.717, 1.165) is 6.42 Å². The lowest BCUT2D eigenvalue weighted by molar-refractivity contribution is 0.403. The summed E-state index contributed by atoms with van der Waals surface area (Å²) in [7, 11) is 2.05. The second kappa shape index (κ2) is 6.29. The normalized spacial score (nSPS) is 13.1. The highest BCUT2D eigenvalue weighted by Gasteiger charge is 2.11. The topological polar surface area (TPSA) is 12.0 Å². The summed E-state index contributed by atoms with van der Waals surface area (Å²) < 4.78 is 1.23. The molecule has 15 heavy (non-hydrogen) atoms. The molecule has 0 heterocycles. The highest BCUT2D eigenvalue weighted by atomic mass is 79.9. The number of nitrogens with one attached hydrogen (secondary N) is 1. The van der Waals surface area contributed by atoms with E-state index in [1.54, 1.807) is 0 Å². The first-order valence-electron chi connectivity index (χ1n) is 5.55. The first-order valence-corrected chi connectivity index (χ1v) is 6.35. The molecular formula is C13H20BrN. The van der Waals surface area contributed by atoms with Gasteiger partial charge in [0.2, 0.25) is 0 Å². The SMILES string of the molecule is CNC(CCc1ccccc1Br)C(C)C. The van der Waals surface area contributed by atoms with Crippen molar-refractivity contribution in [3.8, 4) is 0 Å². The van der Waals surface area contributed by atoms with Gasteiger partial charge in [-0.3, -0.25) is 0 Å². The number of aryl methyl sites for hydroxylation is 1. The molecule has 1 rings (SSSR count). The van der Waals surface area contributed by atoms with Crippen LogP contribution in [0.5, 0.6) is 0 Å². The quantitative estimate of drug-likeness (QED) is 0.861. The molecule has 2 heteroatoms. The molecular weight excluding hydrogens is 250 g/mol. The number of benzene rings is 1. The molecule has 1 aromatic rings. The monoisotopic (exact) mass is 269 g/mol. The summed E-state index contributed by atoms with van der Waals surface area (Å²) >= 11 is 3.58. The third-order valence-corrected chi connectivity index (χ3v) is 3.63. The van der Waals surface area contributed by atoms with Crippen LogP contribution in [0.4, 0.5) is 0 Å². The van der Waals surface area contributed by atoms with E-state index in [0.29, 0.717) is 12.0 Å². The number of rotatable bonds is 5. The van der Waals surface area contributed by atoms with Gasteiger partial charge in [-0.2, -0.15) is 0 Å². The molecule has 0 saturated carbocycles. The lowest BCUT2D eigenvalue weighted by atomic mass is 9.97. The Hall–Kier alpha value is -0.340. The first-order chi connectivity index (χ1) is 7.15. The van der Waals surface area contributed by atoms with Gasteiger partial charge in [-0.05, 0) is 37.4 Å². The minimum atomic E-state index is 0.608. The second-order valence-corrected chi connectivity index (χ2v) is 5.12. The van der Waals surface area contributed by atoms with Crippen molar-refractivity contribution in [2.75, 3.05) is 7.05 Å². The molecule has 0 fully saturated rings. The molecule has 0 spiro atoms. The van der Waals surface area contributed by atoms with E-state index < -0.39 is 0 Å². The summed E-state index contributed by atoms with van der Waals surface area (Å²) in [6, 6.07) is 9.07. The molecule has 0 aromatic heterocycles. The summed E-state index contributed by atoms with van der Waals surface area (Å²) in [5, 5.41) is 3.38. The Bertz CT molecular complexity index is 296. The average Bonchev–Trinajstić information content (AvgIpc) is 2.21. The Morgan fingerprint density at radius 1 is 1.27 bits per heavy atom. The summed E-state index contributed by atoms with van der Waals surface area (Å²) in [4.78, 5) is 0. The van der Waals surface area contributed by atoms with Gasteiger partial charge < -0.3 is 5.32 Å². The first kappa shape index (κ1) is 12.7. The van der Waals surface area contributed by atoms with Crippen molar-refractivity contribution < 1.29 is 0 Å². The molecule has 0 amide bonds. The minimum Gasteiger partial charge on any atom is -0.317 e. The molecule has 1 nitrogen and oxygen atoms in total. The zero-order chi connectivity index (χ0) is 11.3. The number of hydrogen-bond donors (Lipinski definition) is 1. The third kappa shape index (κ3) is 3.96. The van der Waals surface area contributed by atoms with Crippen LogP contribution < -0.4 is 5.32 Å². The molecule has 0 aliphatic carbocycles. The van der Waals surface area contributed by atoms with E-state index in [4.69, 9.17) is 0 Å². The van der Waals surface area contributed by atoms with Crippen molar-refractivity contribution >= 4 is 15.9 Å². The summed E-state index contributed by atoms with van der Waals surface area (Å²) in [6.45, 7) is 4.53. The predicted molar refractivity (Wildman–Crippen MR) is 70.1 cm³/mol. The summed E-state index contributed by atoms with van der Waals surface area (Å²) in [6.07, 6.45) is 2.32. The van der Waals surface area contributed by atoms with E-state index >= 15 is 0 Å². The maximum absolute atomic E-state index is 3.58. The van der Waals surface area contributed by atoms with Gasteiger partial charge >= 0.3 is 0 Å². The highest BCUT2D eigenvalue weighted by Crippen LogP contribution is 2.19. The Morgan fingerprint density at radius 3 is 2.47 bits per heavy atom. The summed E-state index contributed by atoms with van der Waals surface area (Å²) in [5.74, 6) is 0.692. The van der Waals surface area contributed by atoms with Gasteiger partial charge in [-0.15, -0.1) is 0 Å². The molecule has 84 valence electrons. The van der Waals surface area contributed by atoms with E-state index in [2.05, 4.69) is 59.4 Å². The second-order valence-electron chi connectivity index (χ2n) is 4.27. The molecule has 0 saturated heterocycles. The van der Waals surface area contributed by atoms with Gasteiger partial charge in [-0.1, -0.05) is 48.0 Å². The maximum atomic E-state index is 3.58. The molecule has 1 atom stereocenters. The lowest BCUT2D eigenvalue weighted by Gasteiger charge is -2.20. The Morgan fingerprint density at radius 2 is 1.93 bits per heavy atom. The lowest BCUT2D eigenvalue weighted by Crippen LogP contribution is -2.31. The summed E-state index contributed by atoms with van der Waals surface area (Å²) in [5.41, 5.74) is 1.40. The van der Waals surface area contributed by atoms with Crippen molar-refractivity contribution in [2.24, 2.45) is 5.92 Å². The van der Waals surface area contributed by atoms with Gasteiger partial charge in [-0.25, -0.2) is 0 Å². The van der Waals surface area contributed by atoms with E-state index in [1.165, 1.54) is 16.5 Å². The molecule has 1 N–H and O–H groups in total. The Labute approximate surface area is 101 Å². The molecule has 1 aromatic carbocycles. The van der Waals surface area contributed by atoms with Crippen LogP contribution in [-0.2, 0) is 6.42 Å². The smallest absolute Gasteiger partial charge is 0.0207 e. The van der Waals surface area contributed by atoms with Crippen LogP contribution in [0.3, 0.4) is 0 Å². The van der Waals surface area contributed by atoms with Gasteiger partial charge in [0, 0.05) is 10.5 Å². The fraction of sp³-hybridized carbons (Fsp3) is 0.538. The van der Waals surface area contributed by atoms with Crippen LogP contribution >= 0.6 is 15.9 Å². The number of halogens is 1. The third-order valence-electron chi connectivity index (χ3n) is 2.86. The molecule has 0 radical (unpaired) electrons. The van der Waals surface area contributed by atoms with Gasteiger partial charge in [0.25, 0.3) is 0 Å². The molecule has 0 aliphatic heterocycles. The minimum absolute atomic E-state index is 0.608. The Balaban J connectivity index is 2.53. The van der Waals surface area contributed by atoms with E-state index in [-0.39, 0.29) is 0 Å². The van der Waals surface area contributed by atoms with Gasteiger partial charge in [0.05, 0.1) is 0 Å². The zero-order valence-corrected chi connectivity index (χ0v) is 11.3. The van der Waals surface area contributed by atoms with Crippen LogP contribution in [0.15, 0.2) is 28.7 Å². The van der Waals surface area contributed by atoms with Crippen molar-refractivity contribution in [1.82, 2.24) is 5.32 Å². The van der Waals surface area contributed by atoms with Gasteiger partial charge in [0.15, 0.2) is 0 Å². The standard InChI is InChI=1S/C13H20BrN/c1-10(2)13(15-3)9-8-11-6-4-5-7-12(11)14/h4-7,10,13,15H,8-9H2,1-3H3. The molecule has 1 unspecified atom stereocenters. The van der Waals surface area contributed by atoms with Crippen LogP contribution in [0.25, 0.3) is 0 Å². The largest absolute Gasteiger partial charge is 0.317 e. The Kier molecular flexibility index (Phi) is 5.34.